The fourth-order valence-electron chi connectivity index (χ4n) is 2.63. The minimum Gasteiger partial charge on any atom is -0.465 e. The van der Waals surface area contributed by atoms with Crippen LogP contribution in [0.1, 0.15) is 10.4 Å². The van der Waals surface area contributed by atoms with Crippen LogP contribution in [-0.4, -0.2) is 39.4 Å². The Labute approximate surface area is 130 Å². The summed E-state index contributed by atoms with van der Waals surface area (Å²) < 4.78 is 10.1. The summed E-state index contributed by atoms with van der Waals surface area (Å²) in [6.45, 7) is 3.42. The maximum absolute atomic E-state index is 11.6. The second kappa shape index (κ2) is 6.62. The van der Waals surface area contributed by atoms with Crippen LogP contribution in [0.5, 0.6) is 0 Å². The molecule has 0 unspecified atom stereocenters. The van der Waals surface area contributed by atoms with Crippen LogP contribution in [0.2, 0.25) is 0 Å². The predicted octanol–water partition coefficient (Wildman–Crippen LogP) is 2.98. The van der Waals surface area contributed by atoms with Gasteiger partial charge >= 0.3 is 5.97 Å². The molecular formula is C18H19NO3. The van der Waals surface area contributed by atoms with Crippen LogP contribution in [0.4, 0.5) is 5.69 Å². The molecule has 1 aliphatic rings. The predicted molar refractivity (Wildman–Crippen MR) is 86.2 cm³/mol. The summed E-state index contributed by atoms with van der Waals surface area (Å²) in [4.78, 5) is 13.9. The number of rotatable bonds is 3. The molecule has 1 fully saturated rings. The molecule has 1 heterocycles. The smallest absolute Gasteiger partial charge is 0.337 e. The second-order valence-corrected chi connectivity index (χ2v) is 5.22. The third-order valence-electron chi connectivity index (χ3n) is 3.86. The first-order valence-corrected chi connectivity index (χ1v) is 7.39. The standard InChI is InChI=1S/C18H19NO3/c1-21-18(20)16-4-2-3-15(13-16)14-5-7-17(8-6-14)19-9-11-22-12-10-19/h2-8,13H,9-12H2,1H3. The molecule has 0 bridgehead atoms. The number of methoxy groups -OCH3 is 1. The highest BCUT2D eigenvalue weighted by Crippen LogP contribution is 2.24. The molecule has 0 aromatic heterocycles. The highest BCUT2D eigenvalue weighted by Gasteiger charge is 2.11. The van der Waals surface area contributed by atoms with Crippen molar-refractivity contribution in [3.63, 3.8) is 0 Å². The van der Waals surface area contributed by atoms with Crippen molar-refractivity contribution < 1.29 is 14.3 Å². The van der Waals surface area contributed by atoms with Crippen molar-refractivity contribution in [2.24, 2.45) is 0 Å². The molecule has 0 radical (unpaired) electrons. The first-order valence-electron chi connectivity index (χ1n) is 7.39. The molecule has 0 spiro atoms. The van der Waals surface area contributed by atoms with Crippen molar-refractivity contribution in [1.82, 2.24) is 0 Å². The van der Waals surface area contributed by atoms with Gasteiger partial charge in [-0.15, -0.1) is 0 Å². The lowest BCUT2D eigenvalue weighted by molar-refractivity contribution is 0.0601. The monoisotopic (exact) mass is 297 g/mol. The third-order valence-corrected chi connectivity index (χ3v) is 3.86. The highest BCUT2D eigenvalue weighted by molar-refractivity contribution is 5.91. The first-order chi connectivity index (χ1) is 10.8. The number of benzene rings is 2. The van der Waals surface area contributed by atoms with Crippen molar-refractivity contribution >= 4 is 11.7 Å². The van der Waals surface area contributed by atoms with E-state index in [1.165, 1.54) is 12.8 Å². The quantitative estimate of drug-likeness (QED) is 0.816. The van der Waals surface area contributed by atoms with Crippen molar-refractivity contribution in [2.75, 3.05) is 38.3 Å². The van der Waals surface area contributed by atoms with E-state index in [1.807, 2.05) is 18.2 Å². The van der Waals surface area contributed by atoms with Gasteiger partial charge in [-0.3, -0.25) is 0 Å². The number of nitrogens with zero attached hydrogens (tertiary/aromatic N) is 1. The molecule has 1 aliphatic heterocycles. The van der Waals surface area contributed by atoms with Gasteiger partial charge in [-0.1, -0.05) is 24.3 Å². The molecule has 22 heavy (non-hydrogen) atoms. The fourth-order valence-corrected chi connectivity index (χ4v) is 2.63. The topological polar surface area (TPSA) is 38.8 Å². The van der Waals surface area contributed by atoms with E-state index < -0.39 is 0 Å². The summed E-state index contributed by atoms with van der Waals surface area (Å²) in [6, 6.07) is 15.9. The van der Waals surface area contributed by atoms with Gasteiger partial charge in [-0.25, -0.2) is 4.79 Å². The molecule has 4 nitrogen and oxygen atoms in total. The lowest BCUT2D eigenvalue weighted by Crippen LogP contribution is -2.36. The van der Waals surface area contributed by atoms with Gasteiger partial charge in [0.05, 0.1) is 25.9 Å². The molecule has 3 rings (SSSR count). The van der Waals surface area contributed by atoms with Gasteiger partial charge in [0, 0.05) is 18.8 Å². The van der Waals surface area contributed by atoms with E-state index in [0.29, 0.717) is 5.56 Å². The average Bonchev–Trinajstić information content (AvgIpc) is 2.62. The zero-order chi connectivity index (χ0) is 15.4. The Morgan fingerprint density at radius 2 is 1.77 bits per heavy atom. The largest absolute Gasteiger partial charge is 0.465 e. The Hall–Kier alpha value is -2.33. The number of anilines is 1. The minimum atomic E-state index is -0.313. The third kappa shape index (κ3) is 3.12. The molecule has 0 aliphatic carbocycles. The van der Waals surface area contributed by atoms with Crippen LogP contribution in [0, 0.1) is 0 Å². The van der Waals surface area contributed by atoms with Crippen LogP contribution >= 0.6 is 0 Å². The zero-order valence-corrected chi connectivity index (χ0v) is 12.6. The molecule has 4 heteroatoms. The van der Waals surface area contributed by atoms with Crippen LogP contribution in [0.3, 0.4) is 0 Å². The number of carbonyl (C=O) groups excluding carboxylic acids is 1. The van der Waals surface area contributed by atoms with E-state index in [2.05, 4.69) is 29.2 Å². The van der Waals surface area contributed by atoms with E-state index in [0.717, 1.165) is 37.4 Å². The average molecular weight is 297 g/mol. The molecule has 0 N–H and O–H groups in total. The molecule has 0 saturated carbocycles. The Kier molecular flexibility index (Phi) is 4.39. The normalized spacial score (nSPS) is 14.7. The molecule has 2 aromatic rings. The summed E-state index contributed by atoms with van der Waals surface area (Å²) in [5.74, 6) is -0.313. The Bertz CT molecular complexity index is 646. The number of morpholine rings is 1. The van der Waals surface area contributed by atoms with E-state index in [-0.39, 0.29) is 5.97 Å². The number of ether oxygens (including phenoxy) is 2. The number of hydrogen-bond acceptors (Lipinski definition) is 4. The summed E-state index contributed by atoms with van der Waals surface area (Å²) >= 11 is 0. The molecule has 0 amide bonds. The minimum absolute atomic E-state index is 0.313. The first kappa shape index (κ1) is 14.6. The Morgan fingerprint density at radius 3 is 2.45 bits per heavy atom. The Morgan fingerprint density at radius 1 is 1.05 bits per heavy atom. The zero-order valence-electron chi connectivity index (χ0n) is 12.6. The molecule has 114 valence electrons. The number of esters is 1. The Balaban J connectivity index is 1.82. The summed E-state index contributed by atoms with van der Waals surface area (Å²) in [5, 5.41) is 0. The van der Waals surface area contributed by atoms with Crippen LogP contribution in [0.15, 0.2) is 48.5 Å². The van der Waals surface area contributed by atoms with Gasteiger partial charge in [-0.05, 0) is 35.4 Å². The molecule has 0 atom stereocenters. The lowest BCUT2D eigenvalue weighted by atomic mass is 10.0. The van der Waals surface area contributed by atoms with Gasteiger partial charge in [0.15, 0.2) is 0 Å². The summed E-state index contributed by atoms with van der Waals surface area (Å²) in [5.41, 5.74) is 3.87. The van der Waals surface area contributed by atoms with E-state index in [9.17, 15) is 4.79 Å². The second-order valence-electron chi connectivity index (χ2n) is 5.22. The van der Waals surface area contributed by atoms with E-state index in [4.69, 9.17) is 9.47 Å². The summed E-state index contributed by atoms with van der Waals surface area (Å²) in [6.07, 6.45) is 0. The lowest BCUT2D eigenvalue weighted by Gasteiger charge is -2.28. The van der Waals surface area contributed by atoms with Crippen LogP contribution in [0.25, 0.3) is 11.1 Å². The molecular weight excluding hydrogens is 278 g/mol. The van der Waals surface area contributed by atoms with Gasteiger partial charge in [0.2, 0.25) is 0 Å². The molecule has 2 aromatic carbocycles. The SMILES string of the molecule is COC(=O)c1cccc(-c2ccc(N3CCOCC3)cc2)c1. The maximum atomic E-state index is 11.6. The van der Waals surface area contributed by atoms with E-state index >= 15 is 0 Å². The van der Waals surface area contributed by atoms with Gasteiger partial charge < -0.3 is 14.4 Å². The highest BCUT2D eigenvalue weighted by atomic mass is 16.5. The van der Waals surface area contributed by atoms with Crippen molar-refractivity contribution in [3.8, 4) is 11.1 Å². The van der Waals surface area contributed by atoms with Crippen molar-refractivity contribution in [2.45, 2.75) is 0 Å². The van der Waals surface area contributed by atoms with Gasteiger partial charge in [0.1, 0.15) is 0 Å². The van der Waals surface area contributed by atoms with Crippen molar-refractivity contribution in [1.29, 1.82) is 0 Å². The van der Waals surface area contributed by atoms with Gasteiger partial charge in [-0.2, -0.15) is 0 Å². The van der Waals surface area contributed by atoms with Crippen molar-refractivity contribution in [3.05, 3.63) is 54.1 Å². The maximum Gasteiger partial charge on any atom is 0.337 e. The van der Waals surface area contributed by atoms with Gasteiger partial charge in [0.25, 0.3) is 0 Å². The molecule has 1 saturated heterocycles. The fraction of sp³-hybridized carbons (Fsp3) is 0.278. The summed E-state index contributed by atoms with van der Waals surface area (Å²) in [7, 11) is 1.39. The van der Waals surface area contributed by atoms with Crippen LogP contribution < -0.4 is 4.90 Å². The van der Waals surface area contributed by atoms with Crippen LogP contribution in [-0.2, 0) is 9.47 Å². The number of carbonyl (C=O) groups is 1. The number of hydrogen-bond donors (Lipinski definition) is 0. The van der Waals surface area contributed by atoms with E-state index in [1.54, 1.807) is 6.07 Å².